The summed E-state index contributed by atoms with van der Waals surface area (Å²) in [7, 11) is 5.77. The number of nitrogens with zero attached hydrogens (tertiary/aromatic N) is 5. The number of hydrogen-bond acceptors (Lipinski definition) is 15. The van der Waals surface area contributed by atoms with Crippen molar-refractivity contribution in [2.24, 2.45) is 0 Å². The van der Waals surface area contributed by atoms with Gasteiger partial charge >= 0.3 is 0 Å². The van der Waals surface area contributed by atoms with E-state index in [1.165, 1.54) is 10.9 Å². The Bertz CT molecular complexity index is 2060. The summed E-state index contributed by atoms with van der Waals surface area (Å²) in [4.78, 5) is 14.9. The number of allylic oxidation sites excluding steroid dienone is 2. The van der Waals surface area contributed by atoms with Crippen LogP contribution in [0, 0.1) is 13.8 Å². The van der Waals surface area contributed by atoms with Crippen molar-refractivity contribution in [2.75, 3.05) is 44.6 Å². The molecule has 8 N–H and O–H groups in total. The van der Waals surface area contributed by atoms with Gasteiger partial charge in [0.2, 0.25) is 0 Å². The number of aliphatic hydroxyl groups excluding tert-OH is 7. The summed E-state index contributed by atoms with van der Waals surface area (Å²) in [5.74, 6) is -0.150. The second-order valence-corrected chi connectivity index (χ2v) is 14.3. The van der Waals surface area contributed by atoms with Gasteiger partial charge in [0.15, 0.2) is 18.3 Å². The highest BCUT2D eigenvalue weighted by Gasteiger charge is 2.51. The summed E-state index contributed by atoms with van der Waals surface area (Å²) in [5, 5.41) is 83.8. The highest BCUT2D eigenvalue weighted by atomic mass is 16.7. The molecule has 10 unspecified atom stereocenters. The zero-order valence-corrected chi connectivity index (χ0v) is 32.2. The third-order valence-corrected chi connectivity index (χ3v) is 10.3. The first-order valence-electron chi connectivity index (χ1n) is 18.5. The van der Waals surface area contributed by atoms with Crippen molar-refractivity contribution >= 4 is 29.3 Å². The minimum absolute atomic E-state index is 0.150. The number of ether oxygens (including phenoxy) is 3. The predicted octanol–water partition coefficient (Wildman–Crippen LogP) is 0.553. The first-order chi connectivity index (χ1) is 27.3. The molecule has 2 aromatic heterocycles. The Balaban J connectivity index is 1.12. The molecule has 10 atom stereocenters. The molecule has 0 amide bonds. The van der Waals surface area contributed by atoms with Crippen molar-refractivity contribution in [3.63, 3.8) is 0 Å². The van der Waals surface area contributed by atoms with Crippen LogP contribution in [-0.4, -0.2) is 151 Å². The van der Waals surface area contributed by atoms with Crippen LogP contribution < -0.4 is 10.2 Å². The smallest absolute Gasteiger partial charge is 0.187 e. The van der Waals surface area contributed by atoms with E-state index in [9.17, 15) is 40.5 Å². The van der Waals surface area contributed by atoms with Crippen LogP contribution >= 0.6 is 0 Å². The van der Waals surface area contributed by atoms with Gasteiger partial charge in [-0.15, -0.1) is 5.10 Å². The second-order valence-electron chi connectivity index (χ2n) is 14.3. The van der Waals surface area contributed by atoms with E-state index in [0.29, 0.717) is 11.3 Å². The van der Waals surface area contributed by atoms with Crippen LogP contribution in [0.2, 0.25) is 0 Å². The minimum Gasteiger partial charge on any atom is -0.394 e. The zero-order valence-electron chi connectivity index (χ0n) is 32.2. The Hall–Kier alpha value is -4.79. The number of aromatic nitrogens is 4. The lowest BCUT2D eigenvalue weighted by Crippen LogP contribution is -2.63. The number of carbonyl (C=O) groups excluding carboxylic acids is 1. The predicted molar refractivity (Wildman–Crippen MR) is 209 cm³/mol. The molecule has 306 valence electrons. The molecule has 17 nitrogen and oxygen atoms in total. The maximum atomic E-state index is 12.8. The average Bonchev–Trinajstić information content (AvgIpc) is 3.81. The first-order valence-corrected chi connectivity index (χ1v) is 18.5. The van der Waals surface area contributed by atoms with Crippen molar-refractivity contribution in [1.82, 2.24) is 19.6 Å². The van der Waals surface area contributed by atoms with Crippen LogP contribution in [0.15, 0.2) is 66.9 Å². The van der Waals surface area contributed by atoms with E-state index in [4.69, 9.17) is 14.2 Å². The molecule has 0 aliphatic carbocycles. The number of aliphatic hydroxyl groups is 7. The van der Waals surface area contributed by atoms with Crippen LogP contribution in [-0.2, 0) is 19.0 Å². The van der Waals surface area contributed by atoms with E-state index < -0.39 is 74.6 Å². The van der Waals surface area contributed by atoms with Crippen LogP contribution in [0.1, 0.15) is 28.7 Å². The van der Waals surface area contributed by atoms with Crippen molar-refractivity contribution < 1.29 is 54.8 Å². The molecule has 17 heteroatoms. The lowest BCUT2D eigenvalue weighted by atomic mass is 9.96. The van der Waals surface area contributed by atoms with E-state index in [1.54, 1.807) is 24.3 Å². The summed E-state index contributed by atoms with van der Waals surface area (Å²) in [6.07, 6.45) is -7.17. The van der Waals surface area contributed by atoms with Crippen molar-refractivity contribution in [1.29, 1.82) is 0 Å². The van der Waals surface area contributed by atoms with Gasteiger partial charge in [0.25, 0.3) is 0 Å². The second kappa shape index (κ2) is 17.8. The number of benzene rings is 2. The van der Waals surface area contributed by atoms with Crippen LogP contribution in [0.3, 0.4) is 0 Å². The Morgan fingerprint density at radius 1 is 0.860 bits per heavy atom. The van der Waals surface area contributed by atoms with Gasteiger partial charge in [0.05, 0.1) is 19.4 Å². The lowest BCUT2D eigenvalue weighted by molar-refractivity contribution is -0.347. The molecular formula is C40H50N6O11. The molecule has 2 fully saturated rings. The van der Waals surface area contributed by atoms with Gasteiger partial charge in [-0.2, -0.15) is 0 Å². The van der Waals surface area contributed by atoms with E-state index >= 15 is 0 Å². The fourth-order valence-electron chi connectivity index (χ4n) is 7.05. The van der Waals surface area contributed by atoms with E-state index in [0.717, 1.165) is 39.6 Å². The SMILES string of the molecule is CNc1ccc(N(C)C)cc1/C=C\C(=O)/C=C/c1cc(C)n(-c2ccc(-c3cn(C4OC(CO)C(OC5OC(CO)C(O)C(O)C5O)C(O)C4O)nn3)cc2)c1C. The Morgan fingerprint density at radius 2 is 1.54 bits per heavy atom. The topological polar surface area (TPSA) is 237 Å². The fraction of sp³-hybridized carbons (Fsp3) is 0.425. The van der Waals surface area contributed by atoms with Crippen molar-refractivity contribution in [3.05, 3.63) is 89.4 Å². The average molecular weight is 791 g/mol. The molecule has 57 heavy (non-hydrogen) atoms. The summed E-state index contributed by atoms with van der Waals surface area (Å²) >= 11 is 0. The normalized spacial score (nSPS) is 28.0. The molecule has 0 radical (unpaired) electrons. The van der Waals surface area contributed by atoms with E-state index in [2.05, 4.69) is 20.2 Å². The molecule has 2 aromatic carbocycles. The molecule has 2 aliphatic rings. The molecule has 2 aliphatic heterocycles. The highest BCUT2D eigenvalue weighted by Crippen LogP contribution is 2.34. The summed E-state index contributed by atoms with van der Waals surface area (Å²) < 4.78 is 20.2. The number of aryl methyl sites for hydroxylation is 1. The van der Waals surface area contributed by atoms with Gasteiger partial charge in [-0.3, -0.25) is 4.79 Å². The van der Waals surface area contributed by atoms with E-state index in [1.807, 2.05) is 88.4 Å². The lowest BCUT2D eigenvalue weighted by Gasteiger charge is -2.45. The van der Waals surface area contributed by atoms with Gasteiger partial charge in [-0.25, -0.2) is 4.68 Å². The minimum atomic E-state index is -1.77. The maximum Gasteiger partial charge on any atom is 0.187 e. The number of anilines is 2. The fourth-order valence-corrected chi connectivity index (χ4v) is 7.05. The number of carbonyl (C=O) groups is 1. The van der Waals surface area contributed by atoms with Gasteiger partial charge in [-0.05, 0) is 85.7 Å². The van der Waals surface area contributed by atoms with Crippen LogP contribution in [0.5, 0.6) is 0 Å². The summed E-state index contributed by atoms with van der Waals surface area (Å²) in [6, 6.07) is 15.5. The molecule has 0 spiro atoms. The van der Waals surface area contributed by atoms with Crippen molar-refractivity contribution in [3.8, 4) is 16.9 Å². The zero-order chi connectivity index (χ0) is 41.1. The van der Waals surface area contributed by atoms with Gasteiger partial charge in [-0.1, -0.05) is 17.3 Å². The first kappa shape index (κ1) is 41.8. The van der Waals surface area contributed by atoms with Gasteiger partial charge in [0.1, 0.15) is 54.5 Å². The van der Waals surface area contributed by atoms with E-state index in [-0.39, 0.29) is 5.78 Å². The standard InChI is InChI=1S/C40H50N6O11/c1-21-16-24(8-13-28(49)14-9-25-17-27(44(4)5)12-15-29(25)41-3)22(2)46(21)26-10-6-23(7-11-26)30-18-45(43-42-30)39-36(53)35(52)38(32(20-48)55-39)57-40-37(54)34(51)33(50)31(19-47)56-40/h6-18,31-41,47-48,50-54H,19-20H2,1-5H3/b13-8+,14-9-. The molecule has 0 saturated carbocycles. The summed E-state index contributed by atoms with van der Waals surface area (Å²) in [6.45, 7) is 2.57. The monoisotopic (exact) mass is 790 g/mol. The molecule has 6 rings (SSSR count). The van der Waals surface area contributed by atoms with Gasteiger partial charge in [0, 0.05) is 55.2 Å². The largest absolute Gasteiger partial charge is 0.394 e. The molecule has 4 aromatic rings. The number of ketones is 1. The Kier molecular flexibility index (Phi) is 13.0. The number of rotatable bonds is 13. The quantitative estimate of drug-likeness (QED) is 0.0864. The van der Waals surface area contributed by atoms with Crippen LogP contribution in [0.4, 0.5) is 11.4 Å². The highest BCUT2D eigenvalue weighted by molar-refractivity contribution is 6.05. The van der Waals surface area contributed by atoms with Gasteiger partial charge < -0.3 is 64.7 Å². The Labute approximate surface area is 329 Å². The molecule has 0 bridgehead atoms. The third kappa shape index (κ3) is 8.73. The van der Waals surface area contributed by atoms with Crippen LogP contribution in [0.25, 0.3) is 29.1 Å². The number of hydrogen-bond donors (Lipinski definition) is 8. The molecular weight excluding hydrogens is 740 g/mol. The maximum absolute atomic E-state index is 12.8. The molecule has 4 heterocycles. The summed E-state index contributed by atoms with van der Waals surface area (Å²) in [5.41, 5.74) is 7.62. The van der Waals surface area contributed by atoms with Crippen molar-refractivity contribution in [2.45, 2.75) is 75.2 Å². The third-order valence-electron chi connectivity index (χ3n) is 10.3. The molecule has 2 saturated heterocycles. The number of nitrogens with one attached hydrogen (secondary N) is 1. The Morgan fingerprint density at radius 3 is 2.19 bits per heavy atom.